The van der Waals surface area contributed by atoms with Gasteiger partial charge in [0.25, 0.3) is 5.56 Å². The van der Waals surface area contributed by atoms with E-state index in [0.29, 0.717) is 0 Å². The minimum atomic E-state index is -1.03. The molecular formula is C8H9N3O4. The highest BCUT2D eigenvalue weighted by Crippen LogP contribution is 1.95. The number of aromatic nitrogens is 2. The molecule has 0 saturated carbocycles. The molecule has 1 amide bonds. The summed E-state index contributed by atoms with van der Waals surface area (Å²) in [6.45, 7) is 1.67. The minimum absolute atomic E-state index is 0.0527. The van der Waals surface area contributed by atoms with Crippen molar-refractivity contribution in [3.8, 4) is 0 Å². The number of nitrogens with one attached hydrogen (secondary N) is 2. The van der Waals surface area contributed by atoms with Crippen molar-refractivity contribution >= 4 is 17.6 Å². The molecule has 0 unspecified atom stereocenters. The van der Waals surface area contributed by atoms with Gasteiger partial charge in [-0.1, -0.05) is 0 Å². The highest BCUT2D eigenvalue weighted by atomic mass is 16.5. The fraction of sp³-hybridized carbons (Fsp3) is 0.250. The fourth-order valence-electron chi connectivity index (χ4n) is 0.812. The van der Waals surface area contributed by atoms with Crippen LogP contribution in [0.3, 0.4) is 0 Å². The molecule has 7 nitrogen and oxygen atoms in total. The van der Waals surface area contributed by atoms with Gasteiger partial charge < -0.3 is 10.1 Å². The van der Waals surface area contributed by atoms with Crippen LogP contribution in [-0.4, -0.2) is 28.7 Å². The molecule has 2 N–H and O–H groups in total. The Bertz CT molecular complexity index is 426. The van der Waals surface area contributed by atoms with Crippen molar-refractivity contribution in [1.82, 2.24) is 10.2 Å². The number of ether oxygens (including phenoxy) is 1. The van der Waals surface area contributed by atoms with Gasteiger partial charge >= 0.3 is 11.9 Å². The molecule has 1 heterocycles. The zero-order valence-electron chi connectivity index (χ0n) is 7.94. The van der Waals surface area contributed by atoms with E-state index in [1.165, 1.54) is 12.3 Å². The number of H-pyrrole nitrogens is 1. The van der Waals surface area contributed by atoms with Gasteiger partial charge in [-0.15, -0.1) is 0 Å². The summed E-state index contributed by atoms with van der Waals surface area (Å²) < 4.78 is 4.44. The second-order valence-corrected chi connectivity index (χ2v) is 2.47. The Morgan fingerprint density at radius 3 is 2.93 bits per heavy atom. The first-order valence-electron chi connectivity index (χ1n) is 4.17. The van der Waals surface area contributed by atoms with Gasteiger partial charge in [-0.25, -0.2) is 9.89 Å². The summed E-state index contributed by atoms with van der Waals surface area (Å²) in [5.74, 6) is -2.03. The molecule has 15 heavy (non-hydrogen) atoms. The molecule has 0 aliphatic rings. The van der Waals surface area contributed by atoms with E-state index in [1.54, 1.807) is 6.92 Å². The van der Waals surface area contributed by atoms with Gasteiger partial charge in [0.1, 0.15) is 5.69 Å². The second-order valence-electron chi connectivity index (χ2n) is 2.47. The zero-order valence-corrected chi connectivity index (χ0v) is 7.94. The number of anilines is 1. The summed E-state index contributed by atoms with van der Waals surface area (Å²) >= 11 is 0. The summed E-state index contributed by atoms with van der Waals surface area (Å²) in [6, 6.07) is 1.27. The molecule has 1 aromatic heterocycles. The van der Waals surface area contributed by atoms with Crippen LogP contribution in [0, 0.1) is 0 Å². The van der Waals surface area contributed by atoms with E-state index >= 15 is 0 Å². The third-order valence-electron chi connectivity index (χ3n) is 1.44. The molecule has 80 valence electrons. The van der Waals surface area contributed by atoms with Crippen LogP contribution in [0.15, 0.2) is 17.1 Å². The number of carbonyl (C=O) groups excluding carboxylic acids is 2. The molecule has 1 aromatic rings. The maximum absolute atomic E-state index is 11.1. The van der Waals surface area contributed by atoms with Crippen molar-refractivity contribution in [3.05, 3.63) is 22.6 Å². The van der Waals surface area contributed by atoms with Crippen molar-refractivity contribution in [3.63, 3.8) is 0 Å². The highest BCUT2D eigenvalue weighted by molar-refractivity contribution is 6.37. The number of hydrogen-bond acceptors (Lipinski definition) is 5. The minimum Gasteiger partial charge on any atom is -0.459 e. The topological polar surface area (TPSA) is 101 Å². The van der Waals surface area contributed by atoms with Gasteiger partial charge in [0, 0.05) is 6.20 Å². The van der Waals surface area contributed by atoms with Crippen LogP contribution in [0.5, 0.6) is 0 Å². The summed E-state index contributed by atoms with van der Waals surface area (Å²) in [4.78, 5) is 33.0. The van der Waals surface area contributed by atoms with Gasteiger partial charge in [-0.2, -0.15) is 5.10 Å². The van der Waals surface area contributed by atoms with E-state index in [4.69, 9.17) is 0 Å². The quantitative estimate of drug-likeness (QED) is 0.496. The van der Waals surface area contributed by atoms with E-state index in [-0.39, 0.29) is 12.3 Å². The average molecular weight is 211 g/mol. The molecule has 0 atom stereocenters. The van der Waals surface area contributed by atoms with E-state index in [0.717, 1.165) is 0 Å². The SMILES string of the molecule is CCOC(=O)C(=O)Nc1ccn[nH]c1=O. The molecule has 0 aliphatic carbocycles. The summed E-state index contributed by atoms with van der Waals surface area (Å²) in [5, 5.41) is 7.63. The van der Waals surface area contributed by atoms with Gasteiger partial charge in [-0.3, -0.25) is 9.59 Å². The third-order valence-corrected chi connectivity index (χ3v) is 1.44. The summed E-state index contributed by atoms with van der Waals surface area (Å²) in [7, 11) is 0. The summed E-state index contributed by atoms with van der Waals surface area (Å²) in [6.07, 6.45) is 1.28. The van der Waals surface area contributed by atoms with Gasteiger partial charge in [-0.05, 0) is 13.0 Å². The smallest absolute Gasteiger partial charge is 0.397 e. The average Bonchev–Trinajstić information content (AvgIpc) is 2.21. The van der Waals surface area contributed by atoms with Crippen molar-refractivity contribution < 1.29 is 14.3 Å². The molecule has 0 aromatic carbocycles. The number of aromatic amines is 1. The molecular weight excluding hydrogens is 202 g/mol. The Labute approximate surface area is 84.4 Å². The number of carbonyl (C=O) groups is 2. The predicted molar refractivity (Wildman–Crippen MR) is 50.1 cm³/mol. The first-order chi connectivity index (χ1) is 7.15. The maximum Gasteiger partial charge on any atom is 0.397 e. The molecule has 0 radical (unpaired) electrons. The number of rotatable bonds is 2. The Morgan fingerprint density at radius 2 is 2.33 bits per heavy atom. The Hall–Kier alpha value is -2.18. The van der Waals surface area contributed by atoms with Crippen molar-refractivity contribution in [2.75, 3.05) is 11.9 Å². The fourth-order valence-corrected chi connectivity index (χ4v) is 0.812. The number of nitrogens with zero attached hydrogens (tertiary/aromatic N) is 1. The molecule has 0 saturated heterocycles. The Kier molecular flexibility index (Phi) is 3.55. The van der Waals surface area contributed by atoms with E-state index in [9.17, 15) is 14.4 Å². The molecule has 0 spiro atoms. The Morgan fingerprint density at radius 1 is 1.60 bits per heavy atom. The van der Waals surface area contributed by atoms with Crippen LogP contribution in [0.25, 0.3) is 0 Å². The lowest BCUT2D eigenvalue weighted by atomic mass is 10.4. The van der Waals surface area contributed by atoms with Crippen LogP contribution in [0.4, 0.5) is 5.69 Å². The van der Waals surface area contributed by atoms with Crippen LogP contribution >= 0.6 is 0 Å². The highest BCUT2D eigenvalue weighted by Gasteiger charge is 2.15. The van der Waals surface area contributed by atoms with Crippen LogP contribution in [0.2, 0.25) is 0 Å². The normalized spacial score (nSPS) is 9.40. The van der Waals surface area contributed by atoms with E-state index in [1.807, 2.05) is 0 Å². The maximum atomic E-state index is 11.1. The van der Waals surface area contributed by atoms with Crippen molar-refractivity contribution in [2.45, 2.75) is 6.92 Å². The van der Waals surface area contributed by atoms with Crippen LogP contribution < -0.4 is 10.9 Å². The standard InChI is InChI=1S/C8H9N3O4/c1-2-15-8(14)7(13)10-5-3-4-9-11-6(5)12/h3-4H,2H2,1H3,(H,11,12)(H,9,10,13). The molecule has 0 bridgehead atoms. The first kappa shape index (κ1) is 10.9. The van der Waals surface area contributed by atoms with Crippen LogP contribution in [-0.2, 0) is 14.3 Å². The van der Waals surface area contributed by atoms with Crippen molar-refractivity contribution in [2.24, 2.45) is 0 Å². The van der Waals surface area contributed by atoms with Gasteiger partial charge in [0.05, 0.1) is 6.61 Å². The first-order valence-corrected chi connectivity index (χ1v) is 4.17. The van der Waals surface area contributed by atoms with Gasteiger partial charge in [0.15, 0.2) is 0 Å². The molecule has 1 rings (SSSR count). The van der Waals surface area contributed by atoms with Crippen molar-refractivity contribution in [1.29, 1.82) is 0 Å². The largest absolute Gasteiger partial charge is 0.459 e. The third kappa shape index (κ3) is 2.90. The predicted octanol–water partition coefficient (Wildman–Crippen LogP) is -0.729. The summed E-state index contributed by atoms with van der Waals surface area (Å²) in [5.41, 5.74) is -0.641. The number of hydrogen-bond donors (Lipinski definition) is 2. The van der Waals surface area contributed by atoms with Crippen LogP contribution in [0.1, 0.15) is 6.92 Å². The monoisotopic (exact) mass is 211 g/mol. The van der Waals surface area contributed by atoms with E-state index < -0.39 is 17.4 Å². The number of esters is 1. The van der Waals surface area contributed by atoms with E-state index in [2.05, 4.69) is 20.3 Å². The number of amides is 1. The molecule has 0 fully saturated rings. The molecule has 7 heteroatoms. The zero-order chi connectivity index (χ0) is 11.3. The lowest BCUT2D eigenvalue weighted by Crippen LogP contribution is -2.28. The Balaban J connectivity index is 2.71. The lowest BCUT2D eigenvalue weighted by molar-refractivity contribution is -0.152. The second kappa shape index (κ2) is 4.89. The molecule has 0 aliphatic heterocycles. The lowest BCUT2D eigenvalue weighted by Gasteiger charge is -2.02. The van der Waals surface area contributed by atoms with Gasteiger partial charge in [0.2, 0.25) is 0 Å².